The lowest BCUT2D eigenvalue weighted by molar-refractivity contribution is 0.130. The van der Waals surface area contributed by atoms with Gasteiger partial charge in [-0.05, 0) is 25.1 Å². The predicted molar refractivity (Wildman–Crippen MR) is 58.9 cm³/mol. The number of hydrogen-bond acceptors (Lipinski definition) is 3. The van der Waals surface area contributed by atoms with Crippen molar-refractivity contribution in [1.29, 1.82) is 0 Å². The summed E-state index contributed by atoms with van der Waals surface area (Å²) >= 11 is 0. The molecule has 0 aromatic heterocycles. The summed E-state index contributed by atoms with van der Waals surface area (Å²) in [7, 11) is 0. The van der Waals surface area contributed by atoms with Gasteiger partial charge in [0, 0.05) is 25.2 Å². The third-order valence-corrected chi connectivity index (χ3v) is 2.09. The summed E-state index contributed by atoms with van der Waals surface area (Å²) < 4.78 is 23.4. The maximum absolute atomic E-state index is 12.8. The first-order valence-electron chi connectivity index (χ1n) is 5.37. The van der Waals surface area contributed by atoms with Crippen LogP contribution in [0.2, 0.25) is 0 Å². The molecule has 1 aromatic carbocycles. The van der Waals surface area contributed by atoms with E-state index in [2.05, 4.69) is 0 Å². The fourth-order valence-electron chi connectivity index (χ4n) is 1.30. The molecule has 3 nitrogen and oxygen atoms in total. The van der Waals surface area contributed by atoms with Gasteiger partial charge in [0.05, 0.1) is 13.2 Å². The van der Waals surface area contributed by atoms with Crippen molar-refractivity contribution in [2.75, 3.05) is 19.8 Å². The van der Waals surface area contributed by atoms with Crippen molar-refractivity contribution in [3.05, 3.63) is 29.6 Å². The minimum Gasteiger partial charge on any atom is -0.493 e. The molecule has 0 fully saturated rings. The van der Waals surface area contributed by atoms with Gasteiger partial charge in [0.15, 0.2) is 0 Å². The van der Waals surface area contributed by atoms with Crippen LogP contribution in [0.3, 0.4) is 0 Å². The van der Waals surface area contributed by atoms with Crippen LogP contribution in [0.25, 0.3) is 0 Å². The summed E-state index contributed by atoms with van der Waals surface area (Å²) in [5.74, 6) is 0.158. The van der Waals surface area contributed by atoms with Gasteiger partial charge in [-0.15, -0.1) is 0 Å². The normalized spacial score (nSPS) is 10.4. The lowest BCUT2D eigenvalue weighted by atomic mass is 10.2. The minimum absolute atomic E-state index is 0.224. The fraction of sp³-hybridized carbons (Fsp3) is 0.500. The molecule has 0 bridgehead atoms. The molecule has 0 saturated carbocycles. The number of hydrogen-bond donors (Lipinski definition) is 1. The highest BCUT2D eigenvalue weighted by molar-refractivity contribution is 5.33. The third kappa shape index (κ3) is 4.16. The van der Waals surface area contributed by atoms with Gasteiger partial charge in [0.2, 0.25) is 0 Å². The number of aliphatic hydroxyl groups is 1. The molecule has 1 aromatic rings. The van der Waals surface area contributed by atoms with E-state index in [4.69, 9.17) is 14.6 Å². The van der Waals surface area contributed by atoms with E-state index < -0.39 is 0 Å². The molecule has 90 valence electrons. The monoisotopic (exact) mass is 228 g/mol. The summed E-state index contributed by atoms with van der Waals surface area (Å²) in [4.78, 5) is 0. The highest BCUT2D eigenvalue weighted by Crippen LogP contribution is 2.19. The Morgan fingerprint density at radius 1 is 1.31 bits per heavy atom. The molecule has 0 radical (unpaired) electrons. The number of ether oxygens (including phenoxy) is 2. The largest absolute Gasteiger partial charge is 0.493 e. The summed E-state index contributed by atoms with van der Waals surface area (Å²) in [5, 5.41) is 9.01. The first kappa shape index (κ1) is 12.9. The Morgan fingerprint density at radius 2 is 2.12 bits per heavy atom. The van der Waals surface area contributed by atoms with Crippen molar-refractivity contribution in [3.8, 4) is 5.75 Å². The molecule has 0 saturated heterocycles. The lowest BCUT2D eigenvalue weighted by Gasteiger charge is -2.10. The van der Waals surface area contributed by atoms with Gasteiger partial charge in [-0.25, -0.2) is 4.39 Å². The zero-order valence-corrected chi connectivity index (χ0v) is 9.41. The fourth-order valence-corrected chi connectivity index (χ4v) is 1.30. The standard InChI is InChI=1S/C12H17FO3/c1-2-15-6-3-7-16-12-5-4-11(13)8-10(12)9-14/h4-5,8,14H,2-3,6-7,9H2,1H3. The van der Waals surface area contributed by atoms with E-state index in [1.54, 1.807) is 0 Å². The SMILES string of the molecule is CCOCCCOc1ccc(F)cc1CO. The number of benzene rings is 1. The summed E-state index contributed by atoms with van der Waals surface area (Å²) in [6.45, 7) is 3.55. The molecule has 0 spiro atoms. The number of rotatable bonds is 7. The van der Waals surface area contributed by atoms with Crippen molar-refractivity contribution in [3.63, 3.8) is 0 Å². The van der Waals surface area contributed by atoms with Gasteiger partial charge < -0.3 is 14.6 Å². The highest BCUT2D eigenvalue weighted by Gasteiger charge is 2.04. The quantitative estimate of drug-likeness (QED) is 0.726. The number of aliphatic hydroxyl groups excluding tert-OH is 1. The Bertz CT molecular complexity index is 315. The van der Waals surface area contributed by atoms with Gasteiger partial charge in [-0.2, -0.15) is 0 Å². The third-order valence-electron chi connectivity index (χ3n) is 2.09. The van der Waals surface area contributed by atoms with Crippen LogP contribution < -0.4 is 4.74 Å². The highest BCUT2D eigenvalue weighted by atomic mass is 19.1. The Balaban J connectivity index is 2.41. The molecule has 16 heavy (non-hydrogen) atoms. The Morgan fingerprint density at radius 3 is 2.81 bits per heavy atom. The van der Waals surface area contributed by atoms with E-state index in [1.165, 1.54) is 18.2 Å². The molecular weight excluding hydrogens is 211 g/mol. The van der Waals surface area contributed by atoms with Crippen LogP contribution in [0.1, 0.15) is 18.9 Å². The zero-order chi connectivity index (χ0) is 11.8. The molecule has 0 heterocycles. The molecule has 0 amide bonds. The van der Waals surface area contributed by atoms with Gasteiger partial charge in [-0.1, -0.05) is 0 Å². The minimum atomic E-state index is -0.370. The van der Waals surface area contributed by atoms with Crippen LogP contribution in [0.5, 0.6) is 5.75 Å². The second-order valence-corrected chi connectivity index (χ2v) is 3.31. The maximum Gasteiger partial charge on any atom is 0.125 e. The van der Waals surface area contributed by atoms with Crippen molar-refractivity contribution in [2.45, 2.75) is 20.0 Å². The van der Waals surface area contributed by atoms with Crippen molar-refractivity contribution < 1.29 is 19.0 Å². The maximum atomic E-state index is 12.8. The van der Waals surface area contributed by atoms with E-state index in [-0.39, 0.29) is 12.4 Å². The molecule has 4 heteroatoms. The number of halogens is 1. The van der Waals surface area contributed by atoms with Crippen molar-refractivity contribution in [2.24, 2.45) is 0 Å². The predicted octanol–water partition coefficient (Wildman–Crippen LogP) is 2.12. The average Bonchev–Trinajstić information content (AvgIpc) is 2.30. The summed E-state index contributed by atoms with van der Waals surface area (Å²) in [6, 6.07) is 4.12. The first-order valence-corrected chi connectivity index (χ1v) is 5.37. The molecule has 0 atom stereocenters. The first-order chi connectivity index (χ1) is 7.77. The Kier molecular flexibility index (Phi) is 5.82. The molecule has 0 aliphatic heterocycles. The van der Waals surface area contributed by atoms with Crippen molar-refractivity contribution >= 4 is 0 Å². The molecule has 1 rings (SSSR count). The van der Waals surface area contributed by atoms with Crippen LogP contribution in [0.15, 0.2) is 18.2 Å². The van der Waals surface area contributed by atoms with E-state index in [1.807, 2.05) is 6.92 Å². The van der Waals surface area contributed by atoms with Crippen molar-refractivity contribution in [1.82, 2.24) is 0 Å². The molecule has 0 aliphatic rings. The zero-order valence-electron chi connectivity index (χ0n) is 9.41. The average molecular weight is 228 g/mol. The molecule has 0 unspecified atom stereocenters. The second-order valence-electron chi connectivity index (χ2n) is 3.31. The lowest BCUT2D eigenvalue weighted by Crippen LogP contribution is -2.04. The van der Waals surface area contributed by atoms with Gasteiger partial charge in [-0.3, -0.25) is 0 Å². The van der Waals surface area contributed by atoms with Crippen LogP contribution in [-0.4, -0.2) is 24.9 Å². The Labute approximate surface area is 94.8 Å². The molecule has 0 aliphatic carbocycles. The summed E-state index contributed by atoms with van der Waals surface area (Å²) in [6.07, 6.45) is 0.774. The Hall–Kier alpha value is -1.13. The summed E-state index contributed by atoms with van der Waals surface area (Å²) in [5.41, 5.74) is 0.469. The van der Waals surface area contributed by atoms with Gasteiger partial charge in [0.1, 0.15) is 11.6 Å². The van der Waals surface area contributed by atoms with Crippen LogP contribution in [0.4, 0.5) is 4.39 Å². The van der Waals surface area contributed by atoms with E-state index >= 15 is 0 Å². The molecular formula is C12H17FO3. The van der Waals surface area contributed by atoms with Gasteiger partial charge in [0.25, 0.3) is 0 Å². The van der Waals surface area contributed by atoms with Crippen LogP contribution >= 0.6 is 0 Å². The molecule has 1 N–H and O–H groups in total. The smallest absolute Gasteiger partial charge is 0.125 e. The second kappa shape index (κ2) is 7.19. The van der Waals surface area contributed by atoms with E-state index in [0.29, 0.717) is 31.1 Å². The van der Waals surface area contributed by atoms with Crippen LogP contribution in [0, 0.1) is 5.82 Å². The van der Waals surface area contributed by atoms with E-state index in [0.717, 1.165) is 6.42 Å². The topological polar surface area (TPSA) is 38.7 Å². The van der Waals surface area contributed by atoms with Crippen LogP contribution in [-0.2, 0) is 11.3 Å². The van der Waals surface area contributed by atoms with E-state index in [9.17, 15) is 4.39 Å². The van der Waals surface area contributed by atoms with Gasteiger partial charge >= 0.3 is 0 Å².